The second kappa shape index (κ2) is 6.41. The van der Waals surface area contributed by atoms with Gasteiger partial charge in [0, 0.05) is 18.6 Å². The van der Waals surface area contributed by atoms with E-state index in [2.05, 4.69) is 24.5 Å². The van der Waals surface area contributed by atoms with E-state index < -0.39 is 5.60 Å². The van der Waals surface area contributed by atoms with Crippen molar-refractivity contribution in [1.29, 1.82) is 0 Å². The van der Waals surface area contributed by atoms with Crippen molar-refractivity contribution in [2.45, 2.75) is 71.6 Å². The predicted octanol–water partition coefficient (Wildman–Crippen LogP) is 2.68. The Morgan fingerprint density at radius 2 is 2.00 bits per heavy atom. The zero-order valence-corrected chi connectivity index (χ0v) is 12.4. The van der Waals surface area contributed by atoms with Crippen LogP contribution < -0.4 is 10.6 Å². The van der Waals surface area contributed by atoms with E-state index in [1.165, 1.54) is 12.8 Å². The van der Waals surface area contributed by atoms with Crippen LogP contribution in [0.4, 0.5) is 4.79 Å². The summed E-state index contributed by atoms with van der Waals surface area (Å²) in [6.45, 7) is 10.7. The van der Waals surface area contributed by atoms with Crippen molar-refractivity contribution in [3.8, 4) is 0 Å². The SMILES string of the molecule is CCC(CNC(=O)OC(C)(C)C)NC1CC(C)C1. The number of nitrogens with one attached hydrogen (secondary N) is 2. The first-order chi connectivity index (χ1) is 8.30. The highest BCUT2D eigenvalue weighted by molar-refractivity contribution is 5.67. The molecule has 0 saturated heterocycles. The minimum Gasteiger partial charge on any atom is -0.444 e. The highest BCUT2D eigenvalue weighted by atomic mass is 16.6. The zero-order valence-electron chi connectivity index (χ0n) is 12.4. The van der Waals surface area contributed by atoms with E-state index in [4.69, 9.17) is 4.74 Å². The molecule has 0 heterocycles. The Morgan fingerprint density at radius 1 is 1.39 bits per heavy atom. The highest BCUT2D eigenvalue weighted by Crippen LogP contribution is 2.26. The van der Waals surface area contributed by atoms with Crippen molar-refractivity contribution in [2.75, 3.05) is 6.54 Å². The molecule has 0 radical (unpaired) electrons. The van der Waals surface area contributed by atoms with Crippen LogP contribution in [0.15, 0.2) is 0 Å². The first-order valence-electron chi connectivity index (χ1n) is 7.03. The van der Waals surface area contributed by atoms with Gasteiger partial charge in [0.1, 0.15) is 5.60 Å². The molecule has 1 aliphatic rings. The maximum absolute atomic E-state index is 11.5. The molecule has 4 heteroatoms. The van der Waals surface area contributed by atoms with Crippen LogP contribution in [0, 0.1) is 5.92 Å². The van der Waals surface area contributed by atoms with Gasteiger partial charge in [0.25, 0.3) is 0 Å². The normalized spacial score (nSPS) is 25.2. The summed E-state index contributed by atoms with van der Waals surface area (Å²) in [4.78, 5) is 11.5. The van der Waals surface area contributed by atoms with Gasteiger partial charge in [-0.2, -0.15) is 0 Å². The molecule has 4 nitrogen and oxygen atoms in total. The van der Waals surface area contributed by atoms with Crippen LogP contribution in [0.2, 0.25) is 0 Å². The lowest BCUT2D eigenvalue weighted by Crippen LogP contribution is -2.50. The smallest absolute Gasteiger partial charge is 0.407 e. The average Bonchev–Trinajstić information content (AvgIpc) is 2.18. The number of carbonyl (C=O) groups excluding carboxylic acids is 1. The Balaban J connectivity index is 2.20. The summed E-state index contributed by atoms with van der Waals surface area (Å²) in [5.41, 5.74) is -0.428. The largest absolute Gasteiger partial charge is 0.444 e. The molecule has 0 spiro atoms. The second-order valence-corrected chi connectivity index (χ2v) is 6.43. The number of hydrogen-bond acceptors (Lipinski definition) is 3. The van der Waals surface area contributed by atoms with E-state index in [1.807, 2.05) is 20.8 Å². The summed E-state index contributed by atoms with van der Waals surface area (Å²) in [5, 5.41) is 6.41. The molecule has 1 aliphatic carbocycles. The number of rotatable bonds is 5. The van der Waals surface area contributed by atoms with Crippen molar-refractivity contribution in [3.05, 3.63) is 0 Å². The lowest BCUT2D eigenvalue weighted by atomic mass is 9.81. The molecule has 1 rings (SSSR count). The van der Waals surface area contributed by atoms with Crippen LogP contribution in [0.1, 0.15) is 53.9 Å². The van der Waals surface area contributed by atoms with Crippen LogP contribution in [0.5, 0.6) is 0 Å². The fourth-order valence-corrected chi connectivity index (χ4v) is 2.21. The number of ether oxygens (including phenoxy) is 1. The van der Waals surface area contributed by atoms with Gasteiger partial charge >= 0.3 is 6.09 Å². The molecular weight excluding hydrogens is 228 g/mol. The van der Waals surface area contributed by atoms with E-state index in [0.717, 1.165) is 12.3 Å². The third-order valence-electron chi connectivity index (χ3n) is 3.23. The van der Waals surface area contributed by atoms with Crippen LogP contribution in [0.3, 0.4) is 0 Å². The standard InChI is InChI=1S/C14H28N2O2/c1-6-11(16-12-7-10(2)8-12)9-15-13(17)18-14(3,4)5/h10-12,16H,6-9H2,1-5H3,(H,15,17). The maximum Gasteiger partial charge on any atom is 0.407 e. The van der Waals surface area contributed by atoms with Gasteiger partial charge in [-0.1, -0.05) is 13.8 Å². The van der Waals surface area contributed by atoms with Gasteiger partial charge in [-0.3, -0.25) is 0 Å². The van der Waals surface area contributed by atoms with Gasteiger partial charge in [0.15, 0.2) is 0 Å². The van der Waals surface area contributed by atoms with Crippen molar-refractivity contribution >= 4 is 6.09 Å². The summed E-state index contributed by atoms with van der Waals surface area (Å²) < 4.78 is 5.22. The van der Waals surface area contributed by atoms with E-state index >= 15 is 0 Å². The summed E-state index contributed by atoms with van der Waals surface area (Å²) in [6.07, 6.45) is 3.19. The fraction of sp³-hybridized carbons (Fsp3) is 0.929. The quantitative estimate of drug-likeness (QED) is 0.795. The molecule has 0 aromatic heterocycles. The van der Waals surface area contributed by atoms with Crippen molar-refractivity contribution in [1.82, 2.24) is 10.6 Å². The second-order valence-electron chi connectivity index (χ2n) is 6.43. The Labute approximate surface area is 111 Å². The molecule has 2 N–H and O–H groups in total. The summed E-state index contributed by atoms with van der Waals surface area (Å²) in [6, 6.07) is 0.973. The minimum atomic E-state index is -0.428. The molecular formula is C14H28N2O2. The predicted molar refractivity (Wildman–Crippen MR) is 73.6 cm³/mol. The van der Waals surface area contributed by atoms with Crippen molar-refractivity contribution < 1.29 is 9.53 Å². The lowest BCUT2D eigenvalue weighted by Gasteiger charge is -2.36. The third kappa shape index (κ3) is 5.71. The van der Waals surface area contributed by atoms with Gasteiger partial charge in [0.05, 0.1) is 0 Å². The first-order valence-corrected chi connectivity index (χ1v) is 7.03. The molecule has 0 bridgehead atoms. The van der Waals surface area contributed by atoms with Gasteiger partial charge in [-0.25, -0.2) is 4.79 Å². The van der Waals surface area contributed by atoms with Crippen LogP contribution in [-0.4, -0.2) is 30.3 Å². The van der Waals surface area contributed by atoms with E-state index in [0.29, 0.717) is 18.6 Å². The number of carbonyl (C=O) groups is 1. The topological polar surface area (TPSA) is 50.4 Å². The molecule has 1 amide bonds. The molecule has 1 unspecified atom stereocenters. The molecule has 0 aromatic rings. The Bertz CT molecular complexity index is 267. The summed E-state index contributed by atoms with van der Waals surface area (Å²) in [7, 11) is 0. The molecule has 1 atom stereocenters. The molecule has 18 heavy (non-hydrogen) atoms. The zero-order chi connectivity index (χ0) is 13.8. The van der Waals surface area contributed by atoms with Gasteiger partial charge in [-0.05, 0) is 46.0 Å². The van der Waals surface area contributed by atoms with E-state index in [1.54, 1.807) is 0 Å². The fourth-order valence-electron chi connectivity index (χ4n) is 2.21. The van der Waals surface area contributed by atoms with Crippen molar-refractivity contribution in [2.24, 2.45) is 5.92 Å². The van der Waals surface area contributed by atoms with Crippen LogP contribution in [0.25, 0.3) is 0 Å². The molecule has 1 saturated carbocycles. The van der Waals surface area contributed by atoms with E-state index in [-0.39, 0.29) is 6.09 Å². The minimum absolute atomic E-state index is 0.329. The molecule has 106 valence electrons. The first kappa shape index (κ1) is 15.3. The highest BCUT2D eigenvalue weighted by Gasteiger charge is 2.27. The molecule has 1 fully saturated rings. The summed E-state index contributed by atoms with van der Waals surface area (Å²) in [5.74, 6) is 0.846. The Kier molecular flexibility index (Phi) is 5.45. The number of amides is 1. The third-order valence-corrected chi connectivity index (χ3v) is 3.23. The van der Waals surface area contributed by atoms with Gasteiger partial charge in [-0.15, -0.1) is 0 Å². The number of alkyl carbamates (subject to hydrolysis) is 1. The average molecular weight is 256 g/mol. The van der Waals surface area contributed by atoms with Crippen molar-refractivity contribution in [3.63, 3.8) is 0 Å². The van der Waals surface area contributed by atoms with Crippen LogP contribution in [-0.2, 0) is 4.74 Å². The lowest BCUT2D eigenvalue weighted by molar-refractivity contribution is 0.0519. The Morgan fingerprint density at radius 3 is 2.44 bits per heavy atom. The van der Waals surface area contributed by atoms with Gasteiger partial charge in [0.2, 0.25) is 0 Å². The molecule has 0 aromatic carbocycles. The van der Waals surface area contributed by atoms with Crippen LogP contribution >= 0.6 is 0 Å². The number of hydrogen-bond donors (Lipinski definition) is 2. The maximum atomic E-state index is 11.5. The Hall–Kier alpha value is -0.770. The summed E-state index contributed by atoms with van der Waals surface area (Å²) >= 11 is 0. The van der Waals surface area contributed by atoms with Gasteiger partial charge < -0.3 is 15.4 Å². The van der Waals surface area contributed by atoms with E-state index in [9.17, 15) is 4.79 Å². The monoisotopic (exact) mass is 256 g/mol. The molecule has 0 aliphatic heterocycles.